The zero-order valence-electron chi connectivity index (χ0n) is 10.3. The Morgan fingerprint density at radius 3 is 2.95 bits per heavy atom. The molecule has 0 fully saturated rings. The van der Waals surface area contributed by atoms with Gasteiger partial charge in [-0.15, -0.1) is 11.3 Å². The molecule has 102 valence electrons. The molecule has 0 aliphatic heterocycles. The number of aromatic nitrogens is 2. The molecule has 0 saturated heterocycles. The summed E-state index contributed by atoms with van der Waals surface area (Å²) in [5, 5.41) is 6.16. The van der Waals surface area contributed by atoms with Crippen LogP contribution in [0.1, 0.15) is 19.3 Å². The number of primary amides is 1. The lowest BCUT2D eigenvalue weighted by Crippen LogP contribution is -2.13. The predicted molar refractivity (Wildman–Crippen MR) is 76.8 cm³/mol. The summed E-state index contributed by atoms with van der Waals surface area (Å²) < 4.78 is 0. The van der Waals surface area contributed by atoms with E-state index in [1.165, 1.54) is 11.3 Å². The van der Waals surface area contributed by atoms with Crippen molar-refractivity contribution in [2.24, 2.45) is 11.6 Å². The second-order valence-corrected chi connectivity index (χ2v) is 4.92. The van der Waals surface area contributed by atoms with Gasteiger partial charge in [-0.2, -0.15) is 4.98 Å². The summed E-state index contributed by atoms with van der Waals surface area (Å²) in [7, 11) is 0. The summed E-state index contributed by atoms with van der Waals surface area (Å²) in [6.07, 6.45) is 2.03. The molecule has 0 aliphatic carbocycles. The first kappa shape index (κ1) is 13.5. The molecule has 19 heavy (non-hydrogen) atoms. The Kier molecular flexibility index (Phi) is 4.48. The van der Waals surface area contributed by atoms with Crippen molar-refractivity contribution < 1.29 is 4.79 Å². The molecule has 0 atom stereocenters. The van der Waals surface area contributed by atoms with E-state index in [0.29, 0.717) is 12.4 Å². The summed E-state index contributed by atoms with van der Waals surface area (Å²) in [6.45, 7) is 0.721. The number of unbranched alkanes of at least 4 members (excludes halogenated alkanes) is 1. The number of rotatable bonds is 7. The molecular weight excluding hydrogens is 264 g/mol. The molecule has 2 rings (SSSR count). The number of carbonyl (C=O) groups is 1. The van der Waals surface area contributed by atoms with Gasteiger partial charge in [0.1, 0.15) is 10.6 Å². The van der Waals surface area contributed by atoms with Crippen LogP contribution < -0.4 is 22.3 Å². The van der Waals surface area contributed by atoms with Crippen molar-refractivity contribution in [2.45, 2.75) is 19.3 Å². The van der Waals surface area contributed by atoms with Gasteiger partial charge in [0, 0.05) is 13.0 Å². The number of thiophene rings is 1. The van der Waals surface area contributed by atoms with E-state index < -0.39 is 0 Å². The van der Waals surface area contributed by atoms with Gasteiger partial charge in [-0.05, 0) is 24.3 Å². The maximum Gasteiger partial charge on any atom is 0.240 e. The van der Waals surface area contributed by atoms with E-state index in [4.69, 9.17) is 11.6 Å². The highest BCUT2D eigenvalue weighted by Gasteiger charge is 2.07. The number of amides is 1. The molecule has 7 nitrogen and oxygen atoms in total. The van der Waals surface area contributed by atoms with E-state index in [2.05, 4.69) is 20.7 Å². The van der Waals surface area contributed by atoms with Crippen LogP contribution in [0.5, 0.6) is 0 Å². The van der Waals surface area contributed by atoms with Gasteiger partial charge in [0.05, 0.1) is 5.39 Å². The lowest BCUT2D eigenvalue weighted by Gasteiger charge is -2.08. The number of carbonyl (C=O) groups excluding carboxylic acids is 1. The number of nitrogen functional groups attached to an aromatic ring is 1. The predicted octanol–water partition coefficient (Wildman–Crippen LogP) is 1.04. The van der Waals surface area contributed by atoms with Crippen LogP contribution >= 0.6 is 11.3 Å². The maximum absolute atomic E-state index is 10.6. The molecule has 0 aliphatic rings. The first-order valence-electron chi connectivity index (χ1n) is 5.94. The van der Waals surface area contributed by atoms with Crippen LogP contribution in [0.15, 0.2) is 11.4 Å². The first-order valence-corrected chi connectivity index (χ1v) is 6.82. The smallest absolute Gasteiger partial charge is 0.240 e. The third kappa shape index (κ3) is 3.52. The third-order valence-corrected chi connectivity index (χ3v) is 3.40. The normalized spacial score (nSPS) is 10.6. The number of nitrogens with two attached hydrogens (primary N) is 2. The number of anilines is 2. The third-order valence-electron chi connectivity index (χ3n) is 2.60. The van der Waals surface area contributed by atoms with E-state index in [0.717, 1.165) is 35.4 Å². The van der Waals surface area contributed by atoms with Gasteiger partial charge in [-0.25, -0.2) is 10.8 Å². The topological polar surface area (TPSA) is 119 Å². The molecule has 0 spiro atoms. The van der Waals surface area contributed by atoms with Crippen molar-refractivity contribution in [3.05, 3.63) is 11.4 Å². The molecule has 8 heteroatoms. The van der Waals surface area contributed by atoms with Crippen molar-refractivity contribution >= 4 is 39.2 Å². The lowest BCUT2D eigenvalue weighted by molar-refractivity contribution is -0.118. The van der Waals surface area contributed by atoms with Crippen molar-refractivity contribution in [3.8, 4) is 0 Å². The second kappa shape index (κ2) is 6.30. The largest absolute Gasteiger partial charge is 0.370 e. The summed E-state index contributed by atoms with van der Waals surface area (Å²) in [5.41, 5.74) is 7.53. The fourth-order valence-corrected chi connectivity index (χ4v) is 2.45. The number of hydrogen-bond acceptors (Lipinski definition) is 7. The van der Waals surface area contributed by atoms with Gasteiger partial charge in [-0.3, -0.25) is 10.2 Å². The Morgan fingerprint density at radius 1 is 1.37 bits per heavy atom. The number of nitrogens with one attached hydrogen (secondary N) is 2. The van der Waals surface area contributed by atoms with Gasteiger partial charge < -0.3 is 11.1 Å². The zero-order chi connectivity index (χ0) is 13.7. The van der Waals surface area contributed by atoms with E-state index in [1.54, 1.807) is 0 Å². The van der Waals surface area contributed by atoms with Crippen molar-refractivity contribution in [1.82, 2.24) is 9.97 Å². The number of nitrogens with zero attached hydrogens (tertiary/aromatic N) is 2. The molecular formula is C11H16N6OS. The molecule has 1 amide bonds. The molecule has 2 heterocycles. The molecule has 0 unspecified atom stereocenters. The van der Waals surface area contributed by atoms with E-state index in [-0.39, 0.29) is 5.91 Å². The Balaban J connectivity index is 1.99. The fourth-order valence-electron chi connectivity index (χ4n) is 1.69. The highest BCUT2D eigenvalue weighted by Crippen LogP contribution is 2.26. The SMILES string of the molecule is NNc1nc(NCCCCC(N)=O)c2ccsc2n1. The van der Waals surface area contributed by atoms with Crippen LogP contribution in [0.4, 0.5) is 11.8 Å². The Labute approximate surface area is 114 Å². The summed E-state index contributed by atoms with van der Waals surface area (Å²) >= 11 is 1.53. The molecule has 0 radical (unpaired) electrons. The van der Waals surface area contributed by atoms with Gasteiger partial charge in [-0.1, -0.05) is 0 Å². The number of hydrazine groups is 1. The first-order chi connectivity index (χ1) is 9.20. The molecule has 2 aromatic heterocycles. The van der Waals surface area contributed by atoms with Crippen molar-refractivity contribution in [1.29, 1.82) is 0 Å². The van der Waals surface area contributed by atoms with Crippen LogP contribution in [-0.4, -0.2) is 22.4 Å². The maximum atomic E-state index is 10.6. The lowest BCUT2D eigenvalue weighted by atomic mass is 10.2. The van der Waals surface area contributed by atoms with Crippen LogP contribution in [-0.2, 0) is 4.79 Å². The molecule has 0 bridgehead atoms. The van der Waals surface area contributed by atoms with E-state index in [1.807, 2.05) is 11.4 Å². The van der Waals surface area contributed by atoms with E-state index >= 15 is 0 Å². The summed E-state index contributed by atoms with van der Waals surface area (Å²) in [6, 6.07) is 1.96. The van der Waals surface area contributed by atoms with Crippen molar-refractivity contribution in [2.75, 3.05) is 17.3 Å². The number of fused-ring (bicyclic) bond motifs is 1. The van der Waals surface area contributed by atoms with Gasteiger partial charge >= 0.3 is 0 Å². The Bertz CT molecular complexity index is 569. The second-order valence-electron chi connectivity index (χ2n) is 4.03. The summed E-state index contributed by atoms with van der Waals surface area (Å²) in [4.78, 5) is 20.0. The van der Waals surface area contributed by atoms with Gasteiger partial charge in [0.2, 0.25) is 11.9 Å². The average molecular weight is 280 g/mol. The molecule has 0 saturated carbocycles. The standard InChI is InChI=1S/C11H16N6OS/c12-8(18)3-1-2-5-14-9-7-4-6-19-10(7)16-11(15-9)17-13/h4,6H,1-3,5,13H2,(H2,12,18)(H2,14,15,16,17). The van der Waals surface area contributed by atoms with Crippen LogP contribution in [0.3, 0.4) is 0 Å². The zero-order valence-corrected chi connectivity index (χ0v) is 11.2. The molecule has 2 aromatic rings. The highest BCUT2D eigenvalue weighted by atomic mass is 32.1. The fraction of sp³-hybridized carbons (Fsp3) is 0.364. The average Bonchev–Trinajstić information content (AvgIpc) is 2.85. The quantitative estimate of drug-likeness (QED) is 0.342. The Morgan fingerprint density at radius 2 is 2.21 bits per heavy atom. The van der Waals surface area contributed by atoms with Gasteiger partial charge in [0.25, 0.3) is 0 Å². The van der Waals surface area contributed by atoms with Crippen LogP contribution in [0.2, 0.25) is 0 Å². The minimum atomic E-state index is -0.267. The highest BCUT2D eigenvalue weighted by molar-refractivity contribution is 7.16. The molecule has 6 N–H and O–H groups in total. The minimum Gasteiger partial charge on any atom is -0.370 e. The molecule has 0 aromatic carbocycles. The van der Waals surface area contributed by atoms with Crippen LogP contribution in [0, 0.1) is 0 Å². The van der Waals surface area contributed by atoms with E-state index in [9.17, 15) is 4.79 Å². The van der Waals surface area contributed by atoms with Gasteiger partial charge in [0.15, 0.2) is 0 Å². The minimum absolute atomic E-state index is 0.267. The monoisotopic (exact) mass is 280 g/mol. The van der Waals surface area contributed by atoms with Crippen LogP contribution in [0.25, 0.3) is 10.2 Å². The summed E-state index contributed by atoms with van der Waals surface area (Å²) in [5.74, 6) is 6.20. The van der Waals surface area contributed by atoms with Crippen molar-refractivity contribution in [3.63, 3.8) is 0 Å². The number of hydrogen-bond donors (Lipinski definition) is 4. The Hall–Kier alpha value is -1.93.